The second-order valence-electron chi connectivity index (χ2n) is 6.66. The van der Waals surface area contributed by atoms with Crippen molar-refractivity contribution in [2.75, 3.05) is 24.5 Å². The maximum Gasteiger partial charge on any atom is 0.228 e. The summed E-state index contributed by atoms with van der Waals surface area (Å²) < 4.78 is 0. The Morgan fingerprint density at radius 3 is 2.74 bits per heavy atom. The highest BCUT2D eigenvalue weighted by atomic mass is 16.2. The van der Waals surface area contributed by atoms with Gasteiger partial charge in [0, 0.05) is 50.1 Å². The molecular formula is C18H20N4O. The van der Waals surface area contributed by atoms with E-state index in [1.54, 1.807) is 6.20 Å². The summed E-state index contributed by atoms with van der Waals surface area (Å²) in [5.74, 6) is 0.983. The second-order valence-corrected chi connectivity index (χ2v) is 6.66. The Balaban J connectivity index is 1.45. The molecule has 118 valence electrons. The van der Waals surface area contributed by atoms with E-state index >= 15 is 0 Å². The predicted molar refractivity (Wildman–Crippen MR) is 87.8 cm³/mol. The zero-order valence-electron chi connectivity index (χ0n) is 13.1. The molecule has 1 atom stereocenters. The molecule has 23 heavy (non-hydrogen) atoms. The van der Waals surface area contributed by atoms with Gasteiger partial charge in [0.15, 0.2) is 0 Å². The highest BCUT2D eigenvalue weighted by molar-refractivity contribution is 5.95. The first-order valence-electron chi connectivity index (χ1n) is 8.07. The summed E-state index contributed by atoms with van der Waals surface area (Å²) in [7, 11) is 0. The van der Waals surface area contributed by atoms with Gasteiger partial charge in [-0.05, 0) is 42.8 Å². The summed E-state index contributed by atoms with van der Waals surface area (Å²) in [6, 6.07) is 9.85. The van der Waals surface area contributed by atoms with Crippen LogP contribution in [0, 0.1) is 5.41 Å². The molecule has 0 aromatic carbocycles. The van der Waals surface area contributed by atoms with Crippen molar-refractivity contribution < 1.29 is 4.79 Å². The summed E-state index contributed by atoms with van der Waals surface area (Å²) in [4.78, 5) is 25.2. The van der Waals surface area contributed by atoms with Crippen LogP contribution in [0.3, 0.4) is 0 Å². The van der Waals surface area contributed by atoms with Crippen LogP contribution in [0.1, 0.15) is 18.4 Å². The molecule has 2 fully saturated rings. The Morgan fingerprint density at radius 1 is 1.09 bits per heavy atom. The lowest BCUT2D eigenvalue weighted by atomic mass is 9.86. The number of pyridine rings is 2. The number of aromatic nitrogens is 2. The summed E-state index contributed by atoms with van der Waals surface area (Å²) in [6.07, 6.45) is 7.13. The topological polar surface area (TPSA) is 49.3 Å². The molecule has 5 heteroatoms. The van der Waals surface area contributed by atoms with Crippen LogP contribution in [0.2, 0.25) is 0 Å². The maximum absolute atomic E-state index is 12.5. The zero-order valence-corrected chi connectivity index (χ0v) is 13.1. The molecule has 2 aliphatic heterocycles. The fourth-order valence-corrected chi connectivity index (χ4v) is 3.80. The summed E-state index contributed by atoms with van der Waals surface area (Å²) in [6.45, 7) is 3.74. The monoisotopic (exact) mass is 308 g/mol. The van der Waals surface area contributed by atoms with Crippen molar-refractivity contribution in [2.45, 2.75) is 19.4 Å². The molecular weight excluding hydrogens is 288 g/mol. The van der Waals surface area contributed by atoms with Gasteiger partial charge in [-0.3, -0.25) is 19.6 Å². The number of rotatable bonds is 3. The molecule has 0 bridgehead atoms. The lowest BCUT2D eigenvalue weighted by Gasteiger charge is -2.24. The van der Waals surface area contributed by atoms with Crippen molar-refractivity contribution in [1.29, 1.82) is 0 Å². The van der Waals surface area contributed by atoms with Crippen LogP contribution in [-0.2, 0) is 11.3 Å². The van der Waals surface area contributed by atoms with E-state index in [1.807, 2.05) is 35.5 Å². The molecule has 5 nitrogen and oxygen atoms in total. The smallest absolute Gasteiger partial charge is 0.228 e. The number of carbonyl (C=O) groups is 1. The van der Waals surface area contributed by atoms with Gasteiger partial charge in [-0.15, -0.1) is 0 Å². The van der Waals surface area contributed by atoms with Gasteiger partial charge in [-0.25, -0.2) is 4.98 Å². The number of hydrogen-bond acceptors (Lipinski definition) is 4. The van der Waals surface area contributed by atoms with Crippen LogP contribution in [0.4, 0.5) is 5.82 Å². The molecule has 0 radical (unpaired) electrons. The molecule has 0 aliphatic carbocycles. The molecule has 4 heterocycles. The summed E-state index contributed by atoms with van der Waals surface area (Å²) in [5, 5.41) is 0. The van der Waals surface area contributed by atoms with Crippen molar-refractivity contribution in [3.8, 4) is 0 Å². The van der Waals surface area contributed by atoms with E-state index in [9.17, 15) is 4.79 Å². The molecule has 1 amide bonds. The first-order valence-corrected chi connectivity index (χ1v) is 8.07. The van der Waals surface area contributed by atoms with Crippen molar-refractivity contribution >= 4 is 11.7 Å². The second kappa shape index (κ2) is 5.74. The summed E-state index contributed by atoms with van der Waals surface area (Å²) >= 11 is 0. The minimum absolute atomic E-state index is 0.0850. The van der Waals surface area contributed by atoms with Gasteiger partial charge in [-0.1, -0.05) is 6.07 Å². The van der Waals surface area contributed by atoms with Gasteiger partial charge >= 0.3 is 0 Å². The molecule has 0 saturated carbocycles. The fraction of sp³-hybridized carbons (Fsp3) is 0.389. The third kappa shape index (κ3) is 2.84. The lowest BCUT2D eigenvalue weighted by molar-refractivity contribution is -0.117. The molecule has 2 saturated heterocycles. The van der Waals surface area contributed by atoms with Gasteiger partial charge < -0.3 is 0 Å². The van der Waals surface area contributed by atoms with Crippen molar-refractivity contribution in [3.63, 3.8) is 0 Å². The minimum Gasteiger partial charge on any atom is -0.298 e. The maximum atomic E-state index is 12.5. The Morgan fingerprint density at radius 2 is 1.96 bits per heavy atom. The van der Waals surface area contributed by atoms with Crippen LogP contribution in [0.5, 0.6) is 0 Å². The molecule has 4 rings (SSSR count). The number of nitrogens with zero attached hydrogens (tertiary/aromatic N) is 4. The zero-order chi connectivity index (χ0) is 15.7. The van der Waals surface area contributed by atoms with Crippen LogP contribution in [0.15, 0.2) is 48.9 Å². The predicted octanol–water partition coefficient (Wildman–Crippen LogP) is 2.11. The standard InChI is InChI=1S/C18H20N4O/c23-17-11-18(14-22(17)16-3-1-2-7-20-16)6-10-21(13-18)12-15-4-8-19-9-5-15/h1-5,7-9H,6,10-14H2/t18-/m0/s1. The Kier molecular flexibility index (Phi) is 3.58. The van der Waals surface area contributed by atoms with E-state index in [4.69, 9.17) is 0 Å². The van der Waals surface area contributed by atoms with Gasteiger partial charge in [-0.2, -0.15) is 0 Å². The molecule has 2 aromatic rings. The third-order valence-electron chi connectivity index (χ3n) is 4.92. The molecule has 1 spiro atoms. The Labute approximate surface area is 136 Å². The number of likely N-dealkylation sites (tertiary alicyclic amines) is 1. The van der Waals surface area contributed by atoms with Gasteiger partial charge in [0.2, 0.25) is 5.91 Å². The van der Waals surface area contributed by atoms with Crippen molar-refractivity contribution in [1.82, 2.24) is 14.9 Å². The van der Waals surface area contributed by atoms with Crippen molar-refractivity contribution in [3.05, 3.63) is 54.5 Å². The van der Waals surface area contributed by atoms with Crippen LogP contribution in [-0.4, -0.2) is 40.4 Å². The van der Waals surface area contributed by atoms with E-state index in [0.29, 0.717) is 6.42 Å². The number of carbonyl (C=O) groups excluding carboxylic acids is 1. The number of hydrogen-bond donors (Lipinski definition) is 0. The number of amides is 1. The fourth-order valence-electron chi connectivity index (χ4n) is 3.80. The third-order valence-corrected chi connectivity index (χ3v) is 4.92. The quantitative estimate of drug-likeness (QED) is 0.871. The number of anilines is 1. The highest BCUT2D eigenvalue weighted by Crippen LogP contribution is 2.41. The molecule has 2 aliphatic rings. The highest BCUT2D eigenvalue weighted by Gasteiger charge is 2.47. The normalized spacial score (nSPS) is 24.7. The van der Waals surface area contributed by atoms with E-state index in [1.165, 1.54) is 5.56 Å². The first kappa shape index (κ1) is 14.3. The van der Waals surface area contributed by atoms with Gasteiger partial charge in [0.1, 0.15) is 5.82 Å². The first-order chi connectivity index (χ1) is 11.2. The molecule has 0 N–H and O–H groups in total. The SMILES string of the molecule is O=C1C[C@]2(CCN(Cc3ccncc3)C2)CN1c1ccccn1. The van der Waals surface area contributed by atoms with Crippen molar-refractivity contribution in [2.24, 2.45) is 5.41 Å². The average molecular weight is 308 g/mol. The van der Waals surface area contributed by atoms with Gasteiger partial charge in [0.05, 0.1) is 0 Å². The van der Waals surface area contributed by atoms with Crippen LogP contribution < -0.4 is 4.90 Å². The van der Waals surface area contributed by atoms with E-state index in [-0.39, 0.29) is 11.3 Å². The van der Waals surface area contributed by atoms with E-state index in [0.717, 1.165) is 38.4 Å². The largest absolute Gasteiger partial charge is 0.298 e. The van der Waals surface area contributed by atoms with Gasteiger partial charge in [0.25, 0.3) is 0 Å². The molecule has 0 unspecified atom stereocenters. The Bertz CT molecular complexity index is 691. The van der Waals surface area contributed by atoms with E-state index < -0.39 is 0 Å². The van der Waals surface area contributed by atoms with E-state index in [2.05, 4.69) is 27.0 Å². The average Bonchev–Trinajstić information content (AvgIpc) is 3.12. The lowest BCUT2D eigenvalue weighted by Crippen LogP contribution is -2.31. The van der Waals surface area contributed by atoms with Crippen LogP contribution in [0.25, 0.3) is 0 Å². The molecule has 2 aromatic heterocycles. The summed E-state index contributed by atoms with van der Waals surface area (Å²) in [5.41, 5.74) is 1.37. The van der Waals surface area contributed by atoms with Crippen LogP contribution >= 0.6 is 0 Å². The minimum atomic E-state index is 0.0850. The Hall–Kier alpha value is -2.27.